The van der Waals surface area contributed by atoms with Crippen LogP contribution in [0.5, 0.6) is 11.5 Å². The summed E-state index contributed by atoms with van der Waals surface area (Å²) in [5.74, 6) is 0.331. The number of para-hydroxylation sites is 2. The van der Waals surface area contributed by atoms with Gasteiger partial charge in [0, 0.05) is 0 Å². The van der Waals surface area contributed by atoms with Gasteiger partial charge in [-0.1, -0.05) is 24.3 Å². The van der Waals surface area contributed by atoms with E-state index in [0.717, 1.165) is 11.3 Å². The summed E-state index contributed by atoms with van der Waals surface area (Å²) in [5.41, 5.74) is 6.74. The van der Waals surface area contributed by atoms with E-state index in [1.807, 2.05) is 24.3 Å². The number of ether oxygens (including phenoxy) is 3. The molecular formula is C18H20F3N3O3. The number of alkyl halides is 3. The van der Waals surface area contributed by atoms with Gasteiger partial charge in [0.25, 0.3) is 0 Å². The van der Waals surface area contributed by atoms with E-state index < -0.39 is 6.36 Å². The van der Waals surface area contributed by atoms with E-state index in [9.17, 15) is 13.2 Å². The average molecular weight is 383 g/mol. The van der Waals surface area contributed by atoms with Gasteiger partial charge in [0.2, 0.25) is 0 Å². The number of guanidine groups is 1. The van der Waals surface area contributed by atoms with Crippen LogP contribution in [0.25, 0.3) is 0 Å². The van der Waals surface area contributed by atoms with Crippen molar-refractivity contribution in [3.63, 3.8) is 0 Å². The van der Waals surface area contributed by atoms with Crippen molar-refractivity contribution in [3.05, 3.63) is 54.1 Å². The Labute approximate surface area is 154 Å². The summed E-state index contributed by atoms with van der Waals surface area (Å²) in [6, 6.07) is 13.0. The highest BCUT2D eigenvalue weighted by atomic mass is 19.4. The predicted molar refractivity (Wildman–Crippen MR) is 95.9 cm³/mol. The summed E-state index contributed by atoms with van der Waals surface area (Å²) < 4.78 is 51.7. The van der Waals surface area contributed by atoms with E-state index in [1.165, 1.54) is 18.2 Å². The molecule has 0 amide bonds. The van der Waals surface area contributed by atoms with Gasteiger partial charge in [-0.2, -0.15) is 0 Å². The van der Waals surface area contributed by atoms with Crippen LogP contribution in [0.2, 0.25) is 0 Å². The normalized spacial score (nSPS) is 11.9. The molecule has 2 aromatic carbocycles. The lowest BCUT2D eigenvalue weighted by atomic mass is 10.2. The number of methoxy groups -OCH3 is 1. The van der Waals surface area contributed by atoms with Gasteiger partial charge in [0.1, 0.15) is 5.75 Å². The summed E-state index contributed by atoms with van der Waals surface area (Å²) in [7, 11) is 1.59. The Morgan fingerprint density at radius 1 is 1.11 bits per heavy atom. The Balaban J connectivity index is 1.79. The number of aliphatic imine (C=N–C) groups is 1. The number of hydrogen-bond donors (Lipinski definition) is 2. The second-order valence-corrected chi connectivity index (χ2v) is 5.34. The van der Waals surface area contributed by atoms with Crippen LogP contribution in [0.4, 0.5) is 18.9 Å². The summed E-state index contributed by atoms with van der Waals surface area (Å²) in [4.78, 5) is 4.02. The van der Waals surface area contributed by atoms with Crippen LogP contribution >= 0.6 is 0 Å². The zero-order valence-electron chi connectivity index (χ0n) is 14.6. The maximum atomic E-state index is 12.4. The summed E-state index contributed by atoms with van der Waals surface area (Å²) in [6.45, 7) is 0.946. The summed E-state index contributed by atoms with van der Waals surface area (Å²) in [6.07, 6.45) is -4.79. The van der Waals surface area contributed by atoms with Gasteiger partial charge in [-0.05, 0) is 29.8 Å². The Morgan fingerprint density at radius 3 is 2.48 bits per heavy atom. The molecule has 9 heteroatoms. The van der Waals surface area contributed by atoms with E-state index in [1.54, 1.807) is 13.2 Å². The predicted octanol–water partition coefficient (Wildman–Crippen LogP) is 3.54. The first-order valence-corrected chi connectivity index (χ1v) is 8.00. The topological polar surface area (TPSA) is 78.1 Å². The number of halogens is 3. The second-order valence-electron chi connectivity index (χ2n) is 5.34. The highest BCUT2D eigenvalue weighted by Crippen LogP contribution is 2.29. The van der Waals surface area contributed by atoms with E-state index in [2.05, 4.69) is 15.0 Å². The molecule has 0 unspecified atom stereocenters. The highest BCUT2D eigenvalue weighted by Gasteiger charge is 2.32. The van der Waals surface area contributed by atoms with Gasteiger partial charge >= 0.3 is 6.36 Å². The van der Waals surface area contributed by atoms with Gasteiger partial charge in [0.15, 0.2) is 11.7 Å². The number of nitrogens with one attached hydrogen (secondary N) is 1. The van der Waals surface area contributed by atoms with Crippen LogP contribution in [0.3, 0.4) is 0 Å². The Hall–Kier alpha value is -2.94. The molecule has 0 heterocycles. The van der Waals surface area contributed by atoms with Gasteiger partial charge < -0.3 is 25.3 Å². The van der Waals surface area contributed by atoms with Crippen LogP contribution in [0.1, 0.15) is 5.56 Å². The maximum absolute atomic E-state index is 12.4. The number of benzene rings is 2. The van der Waals surface area contributed by atoms with Gasteiger partial charge in [-0.15, -0.1) is 13.2 Å². The lowest BCUT2D eigenvalue weighted by Gasteiger charge is -2.14. The molecule has 0 aliphatic carbocycles. The molecule has 0 aromatic heterocycles. The zero-order chi connectivity index (χ0) is 19.7. The fourth-order valence-electron chi connectivity index (χ4n) is 2.10. The minimum absolute atomic E-state index is 0.0405. The van der Waals surface area contributed by atoms with Crippen molar-refractivity contribution in [2.24, 2.45) is 10.7 Å². The van der Waals surface area contributed by atoms with Gasteiger partial charge in [0.05, 0.1) is 32.6 Å². The molecule has 0 aliphatic rings. The first-order chi connectivity index (χ1) is 12.9. The largest absolute Gasteiger partial charge is 0.573 e. The van der Waals surface area contributed by atoms with Crippen LogP contribution in [0.15, 0.2) is 53.5 Å². The van der Waals surface area contributed by atoms with Crippen molar-refractivity contribution in [1.29, 1.82) is 0 Å². The quantitative estimate of drug-likeness (QED) is 0.414. The maximum Gasteiger partial charge on any atom is 0.573 e. The lowest BCUT2D eigenvalue weighted by molar-refractivity contribution is -0.274. The zero-order valence-corrected chi connectivity index (χ0v) is 14.6. The number of anilines is 1. The highest BCUT2D eigenvalue weighted by molar-refractivity contribution is 5.93. The molecular weight excluding hydrogens is 363 g/mol. The van der Waals surface area contributed by atoms with E-state index in [-0.39, 0.29) is 23.9 Å². The smallest absolute Gasteiger partial charge is 0.497 e. The van der Waals surface area contributed by atoms with Crippen molar-refractivity contribution in [2.75, 3.05) is 25.6 Å². The monoisotopic (exact) mass is 383 g/mol. The minimum atomic E-state index is -4.79. The lowest BCUT2D eigenvalue weighted by Crippen LogP contribution is -2.25. The number of nitrogens with two attached hydrogens (primary N) is 1. The van der Waals surface area contributed by atoms with Crippen molar-refractivity contribution in [2.45, 2.75) is 13.0 Å². The molecule has 0 saturated heterocycles. The fourth-order valence-corrected chi connectivity index (χ4v) is 2.10. The van der Waals surface area contributed by atoms with Crippen LogP contribution in [-0.4, -0.2) is 32.6 Å². The molecule has 0 fully saturated rings. The van der Waals surface area contributed by atoms with Gasteiger partial charge in [-0.25, -0.2) is 0 Å². The summed E-state index contributed by atoms with van der Waals surface area (Å²) in [5, 5.41) is 2.59. The third-order valence-electron chi connectivity index (χ3n) is 3.32. The van der Waals surface area contributed by atoms with E-state index in [0.29, 0.717) is 13.2 Å². The van der Waals surface area contributed by atoms with Crippen molar-refractivity contribution in [3.8, 4) is 11.5 Å². The third-order valence-corrected chi connectivity index (χ3v) is 3.32. The Bertz CT molecular complexity index is 750. The third kappa shape index (κ3) is 7.45. The van der Waals surface area contributed by atoms with Gasteiger partial charge in [-0.3, -0.25) is 4.99 Å². The SMILES string of the molecule is COc1ccc(COCCN=C(N)Nc2ccccc2OC(F)(F)F)cc1. The molecule has 6 nitrogen and oxygen atoms in total. The molecule has 0 spiro atoms. The first-order valence-electron chi connectivity index (χ1n) is 8.00. The fraction of sp³-hybridized carbons (Fsp3) is 0.278. The van der Waals surface area contributed by atoms with Crippen molar-refractivity contribution < 1.29 is 27.4 Å². The molecule has 0 radical (unpaired) electrons. The Morgan fingerprint density at radius 2 is 1.81 bits per heavy atom. The minimum Gasteiger partial charge on any atom is -0.497 e. The van der Waals surface area contributed by atoms with Crippen molar-refractivity contribution in [1.82, 2.24) is 0 Å². The van der Waals surface area contributed by atoms with E-state index >= 15 is 0 Å². The molecule has 0 bridgehead atoms. The number of nitrogens with zero attached hydrogens (tertiary/aromatic N) is 1. The van der Waals surface area contributed by atoms with Crippen molar-refractivity contribution >= 4 is 11.6 Å². The molecule has 2 rings (SSSR count). The molecule has 0 atom stereocenters. The van der Waals surface area contributed by atoms with E-state index in [4.69, 9.17) is 15.2 Å². The average Bonchev–Trinajstić information content (AvgIpc) is 2.62. The molecule has 146 valence electrons. The molecule has 0 aliphatic heterocycles. The van der Waals surface area contributed by atoms with Crippen LogP contribution in [0, 0.1) is 0 Å². The van der Waals surface area contributed by atoms with Crippen LogP contribution < -0.4 is 20.5 Å². The summed E-state index contributed by atoms with van der Waals surface area (Å²) >= 11 is 0. The molecule has 2 aromatic rings. The molecule has 3 N–H and O–H groups in total. The molecule has 27 heavy (non-hydrogen) atoms. The standard InChI is InChI=1S/C18H20F3N3O3/c1-25-14-8-6-13(7-9-14)12-26-11-10-23-17(22)24-15-4-2-3-5-16(15)27-18(19,20)21/h2-9H,10-12H2,1H3,(H3,22,23,24). The van der Waals surface area contributed by atoms with Crippen LogP contribution in [-0.2, 0) is 11.3 Å². The molecule has 0 saturated carbocycles. The second kappa shape index (κ2) is 9.67. The first kappa shape index (κ1) is 20.4. The Kier molecular flexibility index (Phi) is 7.30. The number of hydrogen-bond acceptors (Lipinski definition) is 4. The number of rotatable bonds is 8.